The third kappa shape index (κ3) is 5.42. The molecule has 3 aromatic rings. The summed E-state index contributed by atoms with van der Waals surface area (Å²) in [7, 11) is 3.13. The third-order valence-electron chi connectivity index (χ3n) is 4.32. The van der Waals surface area contributed by atoms with Gasteiger partial charge in [-0.2, -0.15) is 0 Å². The Balaban J connectivity index is 1.68. The van der Waals surface area contributed by atoms with Crippen LogP contribution in [0.25, 0.3) is 0 Å². The number of ether oxygens (including phenoxy) is 2. The molecule has 0 atom stereocenters. The molecule has 1 aromatic heterocycles. The van der Waals surface area contributed by atoms with E-state index >= 15 is 0 Å². The lowest BCUT2D eigenvalue weighted by atomic mass is 10.1. The van der Waals surface area contributed by atoms with E-state index in [4.69, 9.17) is 9.47 Å². The molecule has 0 aliphatic carbocycles. The van der Waals surface area contributed by atoms with Crippen LogP contribution in [0, 0.1) is 0 Å². The van der Waals surface area contributed by atoms with Crippen LogP contribution in [-0.2, 0) is 17.8 Å². The van der Waals surface area contributed by atoms with Crippen molar-refractivity contribution in [3.05, 3.63) is 72.6 Å². The van der Waals surface area contributed by atoms with Gasteiger partial charge in [0.25, 0.3) is 0 Å². The summed E-state index contributed by atoms with van der Waals surface area (Å²) in [5.41, 5.74) is 1.70. The monoisotopic (exact) mass is 424 g/mol. The summed E-state index contributed by atoms with van der Waals surface area (Å²) in [5, 5.41) is 12.1. The second kappa shape index (κ2) is 10.5. The van der Waals surface area contributed by atoms with E-state index in [1.165, 1.54) is 11.8 Å². The lowest BCUT2D eigenvalue weighted by molar-refractivity contribution is -0.113. The summed E-state index contributed by atoms with van der Waals surface area (Å²) in [6.45, 7) is 4.39. The first-order valence-electron chi connectivity index (χ1n) is 9.36. The molecule has 0 aliphatic rings. The van der Waals surface area contributed by atoms with Gasteiger partial charge in [0, 0.05) is 19.0 Å². The first-order valence-corrected chi connectivity index (χ1v) is 10.3. The van der Waals surface area contributed by atoms with Crippen molar-refractivity contribution < 1.29 is 14.3 Å². The Morgan fingerprint density at radius 3 is 2.67 bits per heavy atom. The fourth-order valence-electron chi connectivity index (χ4n) is 2.88. The molecule has 1 amide bonds. The number of hydrogen-bond donors (Lipinski definition) is 1. The number of nitrogens with zero attached hydrogens (tertiary/aromatic N) is 3. The molecule has 0 fully saturated rings. The molecule has 30 heavy (non-hydrogen) atoms. The van der Waals surface area contributed by atoms with Crippen LogP contribution < -0.4 is 14.8 Å². The van der Waals surface area contributed by atoms with Gasteiger partial charge in [-0.25, -0.2) is 0 Å². The molecular formula is C22H24N4O3S. The molecule has 0 saturated carbocycles. The van der Waals surface area contributed by atoms with Crippen molar-refractivity contribution in [3.63, 3.8) is 0 Å². The maximum absolute atomic E-state index is 12.5. The Morgan fingerprint density at radius 1 is 1.17 bits per heavy atom. The molecule has 0 bridgehead atoms. The van der Waals surface area contributed by atoms with Crippen LogP contribution in [0.1, 0.15) is 11.4 Å². The molecule has 1 N–H and O–H groups in total. The van der Waals surface area contributed by atoms with Gasteiger partial charge in [-0.3, -0.25) is 4.79 Å². The highest BCUT2D eigenvalue weighted by Crippen LogP contribution is 2.29. The van der Waals surface area contributed by atoms with Crippen molar-refractivity contribution >= 4 is 23.4 Å². The van der Waals surface area contributed by atoms with Gasteiger partial charge in [-0.05, 0) is 17.7 Å². The molecule has 156 valence electrons. The molecule has 0 radical (unpaired) electrons. The molecule has 0 spiro atoms. The number of allylic oxidation sites excluding steroid dienone is 1. The summed E-state index contributed by atoms with van der Waals surface area (Å²) >= 11 is 1.33. The van der Waals surface area contributed by atoms with Crippen LogP contribution in [0.3, 0.4) is 0 Å². The standard InChI is InChI=1S/C22H24N4O3S/c1-4-12-26-20(13-16-8-6-5-7-9-16)24-25-22(26)30-15-21(27)23-18-14-17(28-2)10-11-19(18)29-3/h4-11,14H,1,12-13,15H2,2-3H3,(H,23,27). The van der Waals surface area contributed by atoms with E-state index in [0.29, 0.717) is 35.3 Å². The van der Waals surface area contributed by atoms with E-state index in [9.17, 15) is 4.79 Å². The zero-order valence-corrected chi connectivity index (χ0v) is 17.8. The van der Waals surface area contributed by atoms with Crippen molar-refractivity contribution in [2.24, 2.45) is 0 Å². The normalized spacial score (nSPS) is 10.5. The van der Waals surface area contributed by atoms with E-state index in [-0.39, 0.29) is 11.7 Å². The highest BCUT2D eigenvalue weighted by Gasteiger charge is 2.15. The zero-order valence-electron chi connectivity index (χ0n) is 17.0. The highest BCUT2D eigenvalue weighted by molar-refractivity contribution is 7.99. The van der Waals surface area contributed by atoms with Gasteiger partial charge in [0.1, 0.15) is 17.3 Å². The number of anilines is 1. The maximum atomic E-state index is 12.5. The van der Waals surface area contributed by atoms with Gasteiger partial charge in [-0.15, -0.1) is 16.8 Å². The predicted molar refractivity (Wildman–Crippen MR) is 118 cm³/mol. The molecule has 0 saturated heterocycles. The molecule has 1 heterocycles. The van der Waals surface area contributed by atoms with Crippen LogP contribution in [0.4, 0.5) is 5.69 Å². The van der Waals surface area contributed by atoms with Crippen molar-refractivity contribution in [1.82, 2.24) is 14.8 Å². The van der Waals surface area contributed by atoms with E-state index in [1.807, 2.05) is 22.8 Å². The Bertz CT molecular complexity index is 1000. The van der Waals surface area contributed by atoms with E-state index in [1.54, 1.807) is 38.5 Å². The molecule has 0 aliphatic heterocycles. The first kappa shape index (κ1) is 21.4. The van der Waals surface area contributed by atoms with Crippen molar-refractivity contribution in [2.75, 3.05) is 25.3 Å². The minimum atomic E-state index is -0.177. The van der Waals surface area contributed by atoms with Crippen molar-refractivity contribution in [2.45, 2.75) is 18.1 Å². The van der Waals surface area contributed by atoms with Crippen LogP contribution in [-0.4, -0.2) is 40.6 Å². The smallest absolute Gasteiger partial charge is 0.234 e. The van der Waals surface area contributed by atoms with E-state index in [2.05, 4.69) is 34.2 Å². The van der Waals surface area contributed by atoms with Crippen LogP contribution in [0.2, 0.25) is 0 Å². The molecule has 7 nitrogen and oxygen atoms in total. The molecule has 8 heteroatoms. The number of methoxy groups -OCH3 is 2. The second-order valence-corrected chi connectivity index (χ2v) is 7.31. The highest BCUT2D eigenvalue weighted by atomic mass is 32.2. The fourth-order valence-corrected chi connectivity index (χ4v) is 3.64. The quantitative estimate of drug-likeness (QED) is 0.394. The predicted octanol–water partition coefficient (Wildman–Crippen LogP) is 3.80. The van der Waals surface area contributed by atoms with Gasteiger partial charge in [0.15, 0.2) is 5.16 Å². The summed E-state index contributed by atoms with van der Waals surface area (Å²) in [5.74, 6) is 2.04. The van der Waals surface area contributed by atoms with Gasteiger partial charge in [0.05, 0.1) is 25.7 Å². The summed E-state index contributed by atoms with van der Waals surface area (Å²) in [4.78, 5) is 12.5. The Kier molecular flexibility index (Phi) is 7.51. The Labute approximate surface area is 180 Å². The maximum Gasteiger partial charge on any atom is 0.234 e. The van der Waals surface area contributed by atoms with Crippen LogP contribution in [0.5, 0.6) is 11.5 Å². The van der Waals surface area contributed by atoms with Crippen molar-refractivity contribution in [3.8, 4) is 11.5 Å². The van der Waals surface area contributed by atoms with E-state index < -0.39 is 0 Å². The minimum absolute atomic E-state index is 0.177. The lowest BCUT2D eigenvalue weighted by Gasteiger charge is -2.12. The van der Waals surface area contributed by atoms with Gasteiger partial charge in [0.2, 0.25) is 5.91 Å². The number of nitrogens with one attached hydrogen (secondary N) is 1. The Morgan fingerprint density at radius 2 is 1.97 bits per heavy atom. The average molecular weight is 425 g/mol. The number of amides is 1. The van der Waals surface area contributed by atoms with Gasteiger partial charge >= 0.3 is 0 Å². The second-order valence-electron chi connectivity index (χ2n) is 6.36. The topological polar surface area (TPSA) is 78.3 Å². The first-order chi connectivity index (χ1) is 14.6. The fraction of sp³-hybridized carbons (Fsp3) is 0.227. The number of aromatic nitrogens is 3. The van der Waals surface area contributed by atoms with Gasteiger partial charge < -0.3 is 19.4 Å². The lowest BCUT2D eigenvalue weighted by Crippen LogP contribution is -2.15. The molecule has 2 aromatic carbocycles. The summed E-state index contributed by atoms with van der Waals surface area (Å²) < 4.78 is 12.5. The summed E-state index contributed by atoms with van der Waals surface area (Å²) in [6.07, 6.45) is 2.46. The van der Waals surface area contributed by atoms with Gasteiger partial charge in [-0.1, -0.05) is 48.2 Å². The molecular weight excluding hydrogens is 400 g/mol. The van der Waals surface area contributed by atoms with Crippen molar-refractivity contribution in [1.29, 1.82) is 0 Å². The van der Waals surface area contributed by atoms with Crippen LogP contribution >= 0.6 is 11.8 Å². The van der Waals surface area contributed by atoms with Crippen LogP contribution in [0.15, 0.2) is 66.3 Å². The number of rotatable bonds is 10. The summed E-state index contributed by atoms with van der Waals surface area (Å²) in [6, 6.07) is 15.3. The number of thioether (sulfide) groups is 1. The largest absolute Gasteiger partial charge is 0.497 e. The van der Waals surface area contributed by atoms with E-state index in [0.717, 1.165) is 11.4 Å². The number of carbonyl (C=O) groups excluding carboxylic acids is 1. The number of benzene rings is 2. The average Bonchev–Trinajstić information content (AvgIpc) is 3.14. The Hall–Kier alpha value is -3.26. The SMILES string of the molecule is C=CCn1c(Cc2ccccc2)nnc1SCC(=O)Nc1cc(OC)ccc1OC. The molecule has 3 rings (SSSR count). The zero-order chi connectivity index (χ0) is 21.3. The number of carbonyl (C=O) groups is 1. The third-order valence-corrected chi connectivity index (χ3v) is 5.29. The minimum Gasteiger partial charge on any atom is -0.497 e. The molecule has 0 unspecified atom stereocenters. The number of hydrogen-bond acceptors (Lipinski definition) is 6.